The number of hydrogen-bond donors (Lipinski definition) is 2. The summed E-state index contributed by atoms with van der Waals surface area (Å²) in [5.74, 6) is -1.36. The second-order valence-corrected chi connectivity index (χ2v) is 10.1. The van der Waals surface area contributed by atoms with Crippen LogP contribution >= 0.6 is 0 Å². The van der Waals surface area contributed by atoms with Crippen molar-refractivity contribution in [1.29, 1.82) is 5.26 Å². The molecule has 0 fully saturated rings. The first-order chi connectivity index (χ1) is 20.1. The van der Waals surface area contributed by atoms with Gasteiger partial charge < -0.3 is 5.32 Å². The molecule has 2 heterocycles. The van der Waals surface area contributed by atoms with Gasteiger partial charge in [0.05, 0.1) is 16.9 Å². The summed E-state index contributed by atoms with van der Waals surface area (Å²) in [4.78, 5) is 30.7. The van der Waals surface area contributed by atoms with Gasteiger partial charge in [-0.25, -0.2) is 5.43 Å². The van der Waals surface area contributed by atoms with E-state index in [0.717, 1.165) is 29.5 Å². The molecule has 2 aliphatic heterocycles. The normalized spacial score (nSPS) is 20.3. The van der Waals surface area contributed by atoms with Crippen LogP contribution in [-0.4, -0.2) is 42.4 Å². The van der Waals surface area contributed by atoms with Crippen LogP contribution in [0.25, 0.3) is 0 Å². The van der Waals surface area contributed by atoms with E-state index in [1.807, 2.05) is 49.2 Å². The zero-order valence-corrected chi connectivity index (χ0v) is 23.2. The minimum atomic E-state index is -4.63. The van der Waals surface area contributed by atoms with E-state index in [1.54, 1.807) is 36.2 Å². The van der Waals surface area contributed by atoms with Crippen molar-refractivity contribution in [2.24, 2.45) is 0 Å². The fourth-order valence-electron chi connectivity index (χ4n) is 5.67. The molecule has 5 rings (SSSR count). The van der Waals surface area contributed by atoms with Crippen molar-refractivity contribution >= 4 is 23.2 Å². The van der Waals surface area contributed by atoms with Gasteiger partial charge in [0.1, 0.15) is 11.9 Å². The largest absolute Gasteiger partial charge is 0.416 e. The van der Waals surface area contributed by atoms with Crippen LogP contribution in [-0.2, 0) is 11.0 Å². The number of carbonyl (C=O) groups is 2. The molecule has 2 aliphatic rings. The summed E-state index contributed by atoms with van der Waals surface area (Å²) in [5.41, 5.74) is 5.02. The van der Waals surface area contributed by atoms with E-state index in [0.29, 0.717) is 17.1 Å². The SMILES string of the molecule is CCN1C(=O)[C@H](NC(=O)c2cccc(C(F)(F)F)c2)[C@@H](c2ccccc2N(C)C#N)C2=C1N(c1ccccc1)NC2C. The maximum atomic E-state index is 14.3. The molecule has 0 spiro atoms. The third-order valence-electron chi connectivity index (χ3n) is 7.57. The van der Waals surface area contributed by atoms with Crippen LogP contribution < -0.4 is 20.7 Å². The van der Waals surface area contributed by atoms with Gasteiger partial charge in [-0.1, -0.05) is 42.5 Å². The molecule has 0 saturated carbocycles. The predicted octanol–water partition coefficient (Wildman–Crippen LogP) is 4.99. The van der Waals surface area contributed by atoms with Crippen molar-refractivity contribution in [2.75, 3.05) is 23.5 Å². The number of anilines is 2. The molecule has 3 atom stereocenters. The Balaban J connectivity index is 1.68. The molecule has 42 heavy (non-hydrogen) atoms. The van der Waals surface area contributed by atoms with Gasteiger partial charge in [-0.3, -0.25) is 24.4 Å². The second kappa shape index (κ2) is 11.2. The highest BCUT2D eigenvalue weighted by molar-refractivity contribution is 5.99. The fraction of sp³-hybridized carbons (Fsp3) is 0.258. The first kappa shape index (κ1) is 28.7. The summed E-state index contributed by atoms with van der Waals surface area (Å²) in [6.45, 7) is 4.03. The number of rotatable bonds is 6. The van der Waals surface area contributed by atoms with Crippen molar-refractivity contribution < 1.29 is 22.8 Å². The minimum absolute atomic E-state index is 0.217. The first-order valence-corrected chi connectivity index (χ1v) is 13.4. The zero-order chi connectivity index (χ0) is 30.2. The standard InChI is InChI=1S/C31H29F3N6O2/c1-4-39-29-25(19(2)37-40(29)22-13-6-5-7-14-22)26(23-15-8-9-16-24(23)38(3)18-35)27(30(39)42)36-28(41)20-11-10-12-21(17-20)31(32,33)34/h5-17,19,26-27,37H,4H2,1-3H3,(H,36,41)/t19?,26-,27+/m0/s1. The molecule has 0 saturated heterocycles. The van der Waals surface area contributed by atoms with Crippen molar-refractivity contribution in [1.82, 2.24) is 15.6 Å². The summed E-state index contributed by atoms with van der Waals surface area (Å²) in [7, 11) is 1.60. The Morgan fingerprint density at radius 3 is 2.43 bits per heavy atom. The van der Waals surface area contributed by atoms with Crippen LogP contribution in [0.5, 0.6) is 0 Å². The fourth-order valence-corrected chi connectivity index (χ4v) is 5.67. The summed E-state index contributed by atoms with van der Waals surface area (Å²) in [6.07, 6.45) is -2.53. The molecule has 2 N–H and O–H groups in total. The Morgan fingerprint density at radius 1 is 1.07 bits per heavy atom. The predicted molar refractivity (Wildman–Crippen MR) is 152 cm³/mol. The lowest BCUT2D eigenvalue weighted by atomic mass is 9.78. The lowest BCUT2D eigenvalue weighted by Gasteiger charge is -2.41. The van der Waals surface area contributed by atoms with Gasteiger partial charge >= 0.3 is 6.18 Å². The number of halogens is 3. The highest BCUT2D eigenvalue weighted by atomic mass is 19.4. The number of amides is 2. The Labute approximate surface area is 241 Å². The molecule has 2 amide bonds. The van der Waals surface area contributed by atoms with Crippen LogP contribution in [0.2, 0.25) is 0 Å². The van der Waals surface area contributed by atoms with E-state index in [1.165, 1.54) is 11.0 Å². The number of nitrogens with one attached hydrogen (secondary N) is 2. The van der Waals surface area contributed by atoms with Crippen LogP contribution in [0, 0.1) is 11.5 Å². The Morgan fingerprint density at radius 2 is 1.76 bits per heavy atom. The second-order valence-electron chi connectivity index (χ2n) is 10.1. The number of nitriles is 1. The zero-order valence-electron chi connectivity index (χ0n) is 23.2. The average Bonchev–Trinajstić information content (AvgIpc) is 3.33. The van der Waals surface area contributed by atoms with Gasteiger partial charge in [-0.15, -0.1) is 0 Å². The number of hydrogen-bond acceptors (Lipinski definition) is 6. The number of carbonyl (C=O) groups excluding carboxylic acids is 2. The van der Waals surface area contributed by atoms with Crippen molar-refractivity contribution in [3.8, 4) is 6.19 Å². The van der Waals surface area contributed by atoms with E-state index in [2.05, 4.69) is 16.9 Å². The summed E-state index contributed by atoms with van der Waals surface area (Å²) >= 11 is 0. The van der Waals surface area contributed by atoms with E-state index >= 15 is 0 Å². The molecular formula is C31H29F3N6O2. The van der Waals surface area contributed by atoms with Gasteiger partial charge in [0.2, 0.25) is 0 Å². The maximum Gasteiger partial charge on any atom is 0.416 e. The number of hydrazine groups is 1. The quantitative estimate of drug-likeness (QED) is 0.319. The Kier molecular flexibility index (Phi) is 7.67. The smallest absolute Gasteiger partial charge is 0.339 e. The van der Waals surface area contributed by atoms with E-state index in [4.69, 9.17) is 0 Å². The van der Waals surface area contributed by atoms with E-state index < -0.39 is 35.5 Å². The van der Waals surface area contributed by atoms with Gasteiger partial charge in [-0.05, 0) is 55.8 Å². The van der Waals surface area contributed by atoms with Gasteiger partial charge in [0.15, 0.2) is 6.19 Å². The van der Waals surface area contributed by atoms with Crippen LogP contribution in [0.1, 0.15) is 41.3 Å². The molecule has 3 aromatic rings. The molecule has 1 unspecified atom stereocenters. The average molecular weight is 575 g/mol. The van der Waals surface area contributed by atoms with Gasteiger partial charge in [0, 0.05) is 36.7 Å². The highest BCUT2D eigenvalue weighted by Gasteiger charge is 2.50. The molecule has 0 aliphatic carbocycles. The lowest BCUT2D eigenvalue weighted by molar-refractivity contribution is -0.137. The molecule has 3 aromatic carbocycles. The number of likely N-dealkylation sites (N-methyl/N-ethyl adjacent to an activating group) is 1. The summed E-state index contributed by atoms with van der Waals surface area (Å²) in [6, 6.07) is 19.2. The summed E-state index contributed by atoms with van der Waals surface area (Å²) < 4.78 is 40.2. The number of alkyl halides is 3. The monoisotopic (exact) mass is 574 g/mol. The van der Waals surface area contributed by atoms with Crippen molar-refractivity contribution in [2.45, 2.75) is 38.0 Å². The molecule has 216 valence electrons. The molecule has 0 radical (unpaired) electrons. The third-order valence-corrected chi connectivity index (χ3v) is 7.57. The Hall–Kier alpha value is -4.82. The van der Waals surface area contributed by atoms with E-state index in [-0.39, 0.29) is 18.2 Å². The third kappa shape index (κ3) is 5.05. The molecule has 11 heteroatoms. The first-order valence-electron chi connectivity index (χ1n) is 13.4. The highest BCUT2D eigenvalue weighted by Crippen LogP contribution is 2.46. The van der Waals surface area contributed by atoms with Crippen LogP contribution in [0.3, 0.4) is 0 Å². The van der Waals surface area contributed by atoms with E-state index in [9.17, 15) is 28.0 Å². The van der Waals surface area contributed by atoms with Crippen LogP contribution in [0.4, 0.5) is 24.5 Å². The number of para-hydroxylation sites is 2. The lowest BCUT2D eigenvalue weighted by Crippen LogP contribution is -2.56. The molecule has 0 aromatic heterocycles. The minimum Gasteiger partial charge on any atom is -0.339 e. The number of nitrogens with zero attached hydrogens (tertiary/aromatic N) is 4. The van der Waals surface area contributed by atoms with Gasteiger partial charge in [-0.2, -0.15) is 18.4 Å². The molecule has 8 nitrogen and oxygen atoms in total. The Bertz CT molecular complexity index is 1580. The topological polar surface area (TPSA) is 91.7 Å². The summed E-state index contributed by atoms with van der Waals surface area (Å²) in [5, 5.41) is 14.3. The van der Waals surface area contributed by atoms with Crippen LogP contribution in [0.15, 0.2) is 90.3 Å². The maximum absolute atomic E-state index is 14.3. The van der Waals surface area contributed by atoms with Gasteiger partial charge in [0.25, 0.3) is 11.8 Å². The van der Waals surface area contributed by atoms with Crippen molar-refractivity contribution in [3.05, 3.63) is 107 Å². The van der Waals surface area contributed by atoms with Crippen molar-refractivity contribution in [3.63, 3.8) is 0 Å². The molecule has 0 bridgehead atoms. The molecular weight excluding hydrogens is 545 g/mol. The number of benzene rings is 3.